The Bertz CT molecular complexity index is 987. The first kappa shape index (κ1) is 22.2. The molecule has 0 atom stereocenters. The van der Waals surface area contributed by atoms with E-state index in [-0.39, 0.29) is 18.2 Å². The Kier molecular flexibility index (Phi) is 8.44. The molecule has 0 fully saturated rings. The third-order valence-corrected chi connectivity index (χ3v) is 4.46. The van der Waals surface area contributed by atoms with Crippen LogP contribution in [0.3, 0.4) is 0 Å². The van der Waals surface area contributed by atoms with E-state index in [0.717, 1.165) is 21.2 Å². The van der Waals surface area contributed by atoms with E-state index in [2.05, 4.69) is 43.4 Å². The largest absolute Gasteiger partial charge is 0.398 e. The highest BCUT2D eigenvalue weighted by Crippen LogP contribution is 2.17. The van der Waals surface area contributed by atoms with Crippen LogP contribution in [0, 0.1) is 18.8 Å². The average molecular weight is 456 g/mol. The summed E-state index contributed by atoms with van der Waals surface area (Å²) in [5, 5.41) is 10.5. The van der Waals surface area contributed by atoms with Crippen LogP contribution >= 0.6 is 15.9 Å². The molecule has 0 saturated carbocycles. The lowest BCUT2D eigenvalue weighted by atomic mass is 9.98. The third kappa shape index (κ3) is 6.47. The summed E-state index contributed by atoms with van der Waals surface area (Å²) < 4.78 is 0.999. The summed E-state index contributed by atoms with van der Waals surface area (Å²) in [5.41, 5.74) is 3.97. The first-order valence-corrected chi connectivity index (χ1v) is 9.61. The zero-order valence-corrected chi connectivity index (χ0v) is 18.3. The Morgan fingerprint density at radius 2 is 1.90 bits per heavy atom. The maximum Gasteiger partial charge on any atom is 0.273 e. The Morgan fingerprint density at radius 3 is 2.55 bits per heavy atom. The Morgan fingerprint density at radius 1 is 1.17 bits per heavy atom. The van der Waals surface area contributed by atoms with Gasteiger partial charge >= 0.3 is 0 Å². The van der Waals surface area contributed by atoms with Crippen molar-refractivity contribution >= 4 is 33.3 Å². The van der Waals surface area contributed by atoms with Gasteiger partial charge in [-0.3, -0.25) is 4.79 Å². The number of likely N-dealkylation sites (N-methyl/N-ethyl adjacent to an activating group) is 1. The summed E-state index contributed by atoms with van der Waals surface area (Å²) in [5.74, 6) is 5.64. The van der Waals surface area contributed by atoms with Crippen molar-refractivity contribution < 1.29 is 14.5 Å². The number of hydrogen-bond acceptors (Lipinski definition) is 5. The molecule has 7 heteroatoms. The summed E-state index contributed by atoms with van der Waals surface area (Å²) in [4.78, 5) is 22.5. The normalized spacial score (nSPS) is 11.3. The number of carbonyl (C=O) groups excluding carboxylic acids is 1. The number of halogens is 1. The standard InChI is InChI=1S/C22H22BrN3O3/c1-15-6-5-7-19(21(26-28-4)22(27)24-3)20(15)14-29-25-16(2)8-9-17-10-12-18(23)13-11-17/h5-7,10-13H,14H2,1-4H3,(H,24,27)/b25-16+,26-21+. The van der Waals surface area contributed by atoms with Crippen LogP contribution < -0.4 is 5.32 Å². The van der Waals surface area contributed by atoms with E-state index in [0.29, 0.717) is 11.3 Å². The van der Waals surface area contributed by atoms with Gasteiger partial charge in [-0.2, -0.15) is 0 Å². The molecule has 0 spiro atoms. The second kappa shape index (κ2) is 11.0. The first-order valence-electron chi connectivity index (χ1n) is 8.82. The Balaban J connectivity index is 2.18. The van der Waals surface area contributed by atoms with Gasteiger partial charge in [0.15, 0.2) is 5.71 Å². The fourth-order valence-electron chi connectivity index (χ4n) is 2.45. The molecule has 2 aromatic rings. The fourth-order valence-corrected chi connectivity index (χ4v) is 2.72. The molecule has 0 aliphatic rings. The first-order chi connectivity index (χ1) is 14.0. The smallest absolute Gasteiger partial charge is 0.273 e. The van der Waals surface area contributed by atoms with E-state index in [1.807, 2.05) is 43.3 Å². The summed E-state index contributed by atoms with van der Waals surface area (Å²) in [6.45, 7) is 3.87. The Hall–Kier alpha value is -3.11. The minimum Gasteiger partial charge on any atom is -0.398 e. The van der Waals surface area contributed by atoms with Crippen molar-refractivity contribution in [2.45, 2.75) is 20.5 Å². The van der Waals surface area contributed by atoms with Gasteiger partial charge in [-0.05, 0) is 49.6 Å². The van der Waals surface area contributed by atoms with Crippen LogP contribution in [-0.4, -0.2) is 31.5 Å². The topological polar surface area (TPSA) is 72.3 Å². The van der Waals surface area contributed by atoms with Crippen molar-refractivity contribution in [3.8, 4) is 11.8 Å². The number of carbonyl (C=O) groups is 1. The lowest BCUT2D eigenvalue weighted by Crippen LogP contribution is -2.29. The van der Waals surface area contributed by atoms with Crippen LogP contribution in [-0.2, 0) is 21.1 Å². The van der Waals surface area contributed by atoms with E-state index in [4.69, 9.17) is 9.68 Å². The summed E-state index contributed by atoms with van der Waals surface area (Å²) in [7, 11) is 2.93. The van der Waals surface area contributed by atoms with Gasteiger partial charge in [-0.15, -0.1) is 0 Å². The van der Waals surface area contributed by atoms with Gasteiger partial charge in [0.2, 0.25) is 0 Å². The molecular formula is C22H22BrN3O3. The zero-order valence-electron chi connectivity index (χ0n) is 16.7. The Labute approximate surface area is 179 Å². The van der Waals surface area contributed by atoms with Crippen LogP contribution in [0.1, 0.15) is 29.2 Å². The molecule has 0 saturated heterocycles. The highest BCUT2D eigenvalue weighted by molar-refractivity contribution is 9.10. The molecule has 29 heavy (non-hydrogen) atoms. The summed E-state index contributed by atoms with van der Waals surface area (Å²) in [6.07, 6.45) is 0. The van der Waals surface area contributed by atoms with Gasteiger partial charge in [0, 0.05) is 28.2 Å². The molecule has 6 nitrogen and oxygen atoms in total. The lowest BCUT2D eigenvalue weighted by Gasteiger charge is -2.12. The van der Waals surface area contributed by atoms with Crippen molar-refractivity contribution in [2.75, 3.05) is 14.2 Å². The van der Waals surface area contributed by atoms with Crippen LogP contribution in [0.2, 0.25) is 0 Å². The number of nitrogens with zero attached hydrogens (tertiary/aromatic N) is 2. The second-order valence-electron chi connectivity index (χ2n) is 6.01. The van der Waals surface area contributed by atoms with Gasteiger partial charge in [-0.25, -0.2) is 0 Å². The highest BCUT2D eigenvalue weighted by atomic mass is 79.9. The van der Waals surface area contributed by atoms with Crippen LogP contribution in [0.25, 0.3) is 0 Å². The maximum absolute atomic E-state index is 12.2. The van der Waals surface area contributed by atoms with E-state index < -0.39 is 0 Å². The molecular weight excluding hydrogens is 434 g/mol. The summed E-state index contributed by atoms with van der Waals surface area (Å²) >= 11 is 3.39. The van der Waals surface area contributed by atoms with Gasteiger partial charge in [0.1, 0.15) is 19.4 Å². The van der Waals surface area contributed by atoms with E-state index in [9.17, 15) is 4.79 Å². The van der Waals surface area contributed by atoms with Gasteiger partial charge < -0.3 is 15.0 Å². The molecule has 0 bridgehead atoms. The van der Waals surface area contributed by atoms with Crippen molar-refractivity contribution in [1.82, 2.24) is 5.32 Å². The van der Waals surface area contributed by atoms with Crippen molar-refractivity contribution in [2.24, 2.45) is 10.3 Å². The number of aryl methyl sites for hydroxylation is 1. The van der Waals surface area contributed by atoms with E-state index >= 15 is 0 Å². The molecule has 0 aliphatic carbocycles. The van der Waals surface area contributed by atoms with Crippen LogP contribution in [0.15, 0.2) is 57.2 Å². The van der Waals surface area contributed by atoms with Crippen molar-refractivity contribution in [3.63, 3.8) is 0 Å². The number of benzene rings is 2. The fraction of sp³-hybridized carbons (Fsp3) is 0.227. The predicted octanol–water partition coefficient (Wildman–Crippen LogP) is 3.80. The molecule has 0 radical (unpaired) electrons. The van der Waals surface area contributed by atoms with Gasteiger partial charge in [0.25, 0.3) is 5.91 Å². The minimum atomic E-state index is -0.348. The molecule has 0 unspecified atom stereocenters. The number of hydrogen-bond donors (Lipinski definition) is 1. The minimum absolute atomic E-state index is 0.166. The number of oxime groups is 2. The quantitative estimate of drug-likeness (QED) is 0.409. The average Bonchev–Trinajstić information content (AvgIpc) is 2.72. The number of rotatable bonds is 6. The predicted molar refractivity (Wildman–Crippen MR) is 118 cm³/mol. The molecule has 1 N–H and O–H groups in total. The molecule has 0 aliphatic heterocycles. The third-order valence-electron chi connectivity index (χ3n) is 3.93. The molecule has 2 rings (SSSR count). The highest BCUT2D eigenvalue weighted by Gasteiger charge is 2.19. The lowest BCUT2D eigenvalue weighted by molar-refractivity contribution is -0.114. The SMILES string of the molecule is CNC(=O)/C(=N/OC)c1cccc(C)c1CO/N=C(\C)C#Cc1ccc(Br)cc1. The van der Waals surface area contributed by atoms with Crippen molar-refractivity contribution in [3.05, 3.63) is 69.2 Å². The molecule has 0 aromatic heterocycles. The molecule has 0 heterocycles. The summed E-state index contributed by atoms with van der Waals surface area (Å²) in [6, 6.07) is 13.3. The van der Waals surface area contributed by atoms with Crippen LogP contribution in [0.5, 0.6) is 0 Å². The van der Waals surface area contributed by atoms with Gasteiger partial charge in [-0.1, -0.05) is 50.4 Å². The maximum atomic E-state index is 12.2. The molecule has 150 valence electrons. The molecule has 1 amide bonds. The zero-order chi connectivity index (χ0) is 21.2. The van der Waals surface area contributed by atoms with E-state index in [1.165, 1.54) is 14.2 Å². The van der Waals surface area contributed by atoms with Gasteiger partial charge in [0.05, 0.1) is 0 Å². The second-order valence-corrected chi connectivity index (χ2v) is 6.93. The van der Waals surface area contributed by atoms with Crippen molar-refractivity contribution in [1.29, 1.82) is 0 Å². The number of nitrogens with one attached hydrogen (secondary N) is 1. The number of amides is 1. The van der Waals surface area contributed by atoms with E-state index in [1.54, 1.807) is 13.0 Å². The van der Waals surface area contributed by atoms with Crippen LogP contribution in [0.4, 0.5) is 0 Å². The molecule has 2 aromatic carbocycles. The monoisotopic (exact) mass is 455 g/mol.